The van der Waals surface area contributed by atoms with E-state index in [1.807, 2.05) is 86.6 Å². The van der Waals surface area contributed by atoms with Crippen molar-refractivity contribution in [1.29, 1.82) is 0 Å². The maximum atomic E-state index is 13.3. The van der Waals surface area contributed by atoms with Crippen LogP contribution in [0.3, 0.4) is 0 Å². The van der Waals surface area contributed by atoms with Gasteiger partial charge in [0, 0.05) is 9.49 Å². The third-order valence-corrected chi connectivity index (χ3v) is 6.81. The van der Waals surface area contributed by atoms with Gasteiger partial charge in [-0.05, 0) is 65.3 Å². The molecule has 0 fully saturated rings. The number of aromatic amines is 4. The summed E-state index contributed by atoms with van der Waals surface area (Å²) in [6, 6.07) is 23.9. The quantitative estimate of drug-likeness (QED) is 0.214. The van der Waals surface area contributed by atoms with Crippen LogP contribution in [0.5, 0.6) is 0 Å². The first-order chi connectivity index (χ1) is 16.4. The molecule has 0 spiro atoms. The van der Waals surface area contributed by atoms with Crippen LogP contribution in [0.2, 0.25) is 0 Å². The molecule has 0 unspecified atom stereocenters. The van der Waals surface area contributed by atoms with Gasteiger partial charge in [0.05, 0.1) is 22.5 Å². The van der Waals surface area contributed by atoms with Crippen molar-refractivity contribution in [2.24, 2.45) is 0 Å². The van der Waals surface area contributed by atoms with Crippen LogP contribution in [0.4, 0.5) is 0 Å². The van der Waals surface area contributed by atoms with E-state index in [1.54, 1.807) is 0 Å². The summed E-state index contributed by atoms with van der Waals surface area (Å²) in [4.78, 5) is 26.5. The van der Waals surface area contributed by atoms with Gasteiger partial charge in [-0.3, -0.25) is 30.0 Å². The average Bonchev–Trinajstić information content (AvgIpc) is 3.40. The molecule has 0 bridgehead atoms. The fourth-order valence-corrected chi connectivity index (χ4v) is 4.67. The fourth-order valence-electron chi connectivity index (χ4n) is 4.31. The molecule has 2 heterocycles. The second kappa shape index (κ2) is 8.98. The van der Waals surface area contributed by atoms with Crippen molar-refractivity contribution < 1.29 is 0 Å². The summed E-state index contributed by atoms with van der Waals surface area (Å²) in [5, 5.41) is 11.6. The third kappa shape index (κ3) is 4.07. The number of H-pyrrole nitrogens is 4. The summed E-state index contributed by atoms with van der Waals surface area (Å²) < 4.78 is 1.07. The molecule has 34 heavy (non-hydrogen) atoms. The molecule has 0 amide bonds. The van der Waals surface area contributed by atoms with E-state index in [0.717, 1.165) is 31.4 Å². The Balaban J connectivity index is 1.79. The molecule has 0 atom stereocenters. The van der Waals surface area contributed by atoms with E-state index in [0.29, 0.717) is 22.5 Å². The van der Waals surface area contributed by atoms with Crippen molar-refractivity contribution >= 4 is 22.6 Å². The Bertz CT molecular complexity index is 1460. The average molecular weight is 562 g/mol. The first kappa shape index (κ1) is 22.2. The van der Waals surface area contributed by atoms with E-state index in [4.69, 9.17) is 0 Å². The van der Waals surface area contributed by atoms with Crippen LogP contribution in [-0.4, -0.2) is 20.4 Å². The predicted molar refractivity (Wildman–Crippen MR) is 143 cm³/mol. The number of hydrogen-bond donors (Lipinski definition) is 4. The molecule has 7 heteroatoms. The van der Waals surface area contributed by atoms with Crippen molar-refractivity contribution in [3.63, 3.8) is 0 Å². The van der Waals surface area contributed by atoms with Gasteiger partial charge in [0.2, 0.25) is 0 Å². The number of aryl methyl sites for hydroxylation is 2. The Morgan fingerprint density at radius 3 is 1.41 bits per heavy atom. The lowest BCUT2D eigenvalue weighted by Crippen LogP contribution is -2.20. The highest BCUT2D eigenvalue weighted by Gasteiger charge is 2.31. The predicted octanol–water partition coefficient (Wildman–Crippen LogP) is 5.46. The zero-order valence-electron chi connectivity index (χ0n) is 18.7. The van der Waals surface area contributed by atoms with E-state index >= 15 is 0 Å². The second-order valence-electron chi connectivity index (χ2n) is 8.45. The van der Waals surface area contributed by atoms with E-state index in [9.17, 15) is 9.59 Å². The van der Waals surface area contributed by atoms with Gasteiger partial charge >= 0.3 is 0 Å². The standard InChI is InChI=1S/C27H23IN4O2/c1-15-3-7-18(8-4-15)24-22(26(33)31-29-24)21(17-11-13-20(28)14-12-17)23-25(30-32-27(23)34)19-9-5-16(2)6-10-19/h3-14,21H,1-2H3,(H2,29,31,33)(H2,30,32,34). The fraction of sp³-hybridized carbons (Fsp3) is 0.111. The summed E-state index contributed by atoms with van der Waals surface area (Å²) in [6.07, 6.45) is 0. The molecule has 2 aromatic heterocycles. The van der Waals surface area contributed by atoms with Gasteiger partial charge in [0.1, 0.15) is 0 Å². The van der Waals surface area contributed by atoms with Crippen LogP contribution in [0, 0.1) is 17.4 Å². The second-order valence-corrected chi connectivity index (χ2v) is 9.70. The van der Waals surface area contributed by atoms with Crippen molar-refractivity contribution in [3.8, 4) is 22.5 Å². The maximum Gasteiger partial charge on any atom is 0.268 e. The minimum absolute atomic E-state index is 0.255. The van der Waals surface area contributed by atoms with E-state index in [2.05, 4.69) is 43.0 Å². The number of nitrogens with one attached hydrogen (secondary N) is 4. The molecule has 0 aliphatic heterocycles. The van der Waals surface area contributed by atoms with Gasteiger partial charge in [-0.1, -0.05) is 71.8 Å². The molecule has 4 N–H and O–H groups in total. The van der Waals surface area contributed by atoms with Gasteiger partial charge in [-0.25, -0.2) is 0 Å². The minimum Gasteiger partial charge on any atom is -0.297 e. The number of aromatic nitrogens is 4. The molecule has 5 aromatic rings. The third-order valence-electron chi connectivity index (χ3n) is 6.09. The Kier molecular flexibility index (Phi) is 5.87. The monoisotopic (exact) mass is 562 g/mol. The molecular formula is C27H23IN4O2. The topological polar surface area (TPSA) is 97.3 Å². The summed E-state index contributed by atoms with van der Waals surface area (Å²) in [5.41, 5.74) is 6.69. The molecule has 0 aliphatic carbocycles. The first-order valence-corrected chi connectivity index (χ1v) is 12.0. The minimum atomic E-state index is -0.588. The van der Waals surface area contributed by atoms with Gasteiger partial charge in [-0.15, -0.1) is 0 Å². The maximum absolute atomic E-state index is 13.3. The van der Waals surface area contributed by atoms with Crippen LogP contribution in [0.1, 0.15) is 33.7 Å². The number of halogens is 1. The SMILES string of the molecule is Cc1ccc(-c2[nH][nH]c(=O)c2C(c2ccc(I)cc2)c2c(-c3ccc(C)cc3)[nH][nH]c2=O)cc1. The normalized spacial score (nSPS) is 11.3. The Labute approximate surface area is 209 Å². The van der Waals surface area contributed by atoms with Crippen LogP contribution in [0.25, 0.3) is 22.5 Å². The van der Waals surface area contributed by atoms with Crippen molar-refractivity contribution in [2.45, 2.75) is 19.8 Å². The number of benzene rings is 3. The van der Waals surface area contributed by atoms with Crippen molar-refractivity contribution in [1.82, 2.24) is 20.4 Å². The molecule has 5 rings (SSSR count). The summed E-state index contributed by atoms with van der Waals surface area (Å²) in [5.74, 6) is -0.588. The van der Waals surface area contributed by atoms with Crippen LogP contribution < -0.4 is 11.1 Å². The molecule has 3 aromatic carbocycles. The van der Waals surface area contributed by atoms with Gasteiger partial charge in [-0.2, -0.15) is 0 Å². The Hall–Kier alpha value is -3.59. The van der Waals surface area contributed by atoms with Crippen molar-refractivity contribution in [3.05, 3.63) is 125 Å². The number of rotatable bonds is 5. The molecule has 0 saturated carbocycles. The highest BCUT2D eigenvalue weighted by atomic mass is 127. The zero-order chi connectivity index (χ0) is 23.8. The first-order valence-electron chi connectivity index (χ1n) is 10.9. The van der Waals surface area contributed by atoms with E-state index in [-0.39, 0.29) is 11.1 Å². The number of hydrogen-bond acceptors (Lipinski definition) is 2. The lowest BCUT2D eigenvalue weighted by atomic mass is 9.83. The van der Waals surface area contributed by atoms with Crippen molar-refractivity contribution in [2.75, 3.05) is 0 Å². The zero-order valence-corrected chi connectivity index (χ0v) is 20.9. The Morgan fingerprint density at radius 1 is 0.588 bits per heavy atom. The highest BCUT2D eigenvalue weighted by Crippen LogP contribution is 2.37. The smallest absolute Gasteiger partial charge is 0.268 e. The molecule has 0 saturated heterocycles. The lowest BCUT2D eigenvalue weighted by molar-refractivity contribution is 0.954. The lowest BCUT2D eigenvalue weighted by Gasteiger charge is -2.18. The Morgan fingerprint density at radius 2 is 1.00 bits per heavy atom. The van der Waals surface area contributed by atoms with Gasteiger partial charge in [0.25, 0.3) is 11.1 Å². The summed E-state index contributed by atoms with van der Waals surface area (Å²) >= 11 is 2.25. The van der Waals surface area contributed by atoms with Crippen LogP contribution >= 0.6 is 22.6 Å². The van der Waals surface area contributed by atoms with E-state index < -0.39 is 5.92 Å². The summed E-state index contributed by atoms with van der Waals surface area (Å²) in [6.45, 7) is 4.04. The molecule has 170 valence electrons. The molecular weight excluding hydrogens is 539 g/mol. The van der Waals surface area contributed by atoms with Gasteiger partial charge in [0.15, 0.2) is 0 Å². The van der Waals surface area contributed by atoms with Crippen LogP contribution in [0.15, 0.2) is 82.4 Å². The molecule has 0 radical (unpaired) electrons. The van der Waals surface area contributed by atoms with E-state index in [1.165, 1.54) is 0 Å². The largest absolute Gasteiger partial charge is 0.297 e. The van der Waals surface area contributed by atoms with Crippen LogP contribution in [-0.2, 0) is 0 Å². The highest BCUT2D eigenvalue weighted by molar-refractivity contribution is 14.1. The molecule has 0 aliphatic rings. The van der Waals surface area contributed by atoms with Gasteiger partial charge < -0.3 is 0 Å². The molecule has 6 nitrogen and oxygen atoms in total. The summed E-state index contributed by atoms with van der Waals surface area (Å²) in [7, 11) is 0.